The third-order valence-electron chi connectivity index (χ3n) is 3.60. The maximum atomic E-state index is 6.17. The standard InChI is InChI=1S/2C8H10O3.C2H5.Al/c2*1-10-6-4-3-5-7(11-2)8(6)9;1-2;/h2*3-5,9H,1-2H3;1H2,2H3;/q;;;+2/p-2. The van der Waals surface area contributed by atoms with Gasteiger partial charge < -0.3 is 26.5 Å². The number of hydrogen-bond acceptors (Lipinski definition) is 6. The predicted molar refractivity (Wildman–Crippen MR) is 96.6 cm³/mol. The molecule has 0 fully saturated rings. The topological polar surface area (TPSA) is 55.4 Å². The monoisotopic (exact) mass is 362 g/mol. The highest BCUT2D eigenvalue weighted by molar-refractivity contribution is 6.46. The molecule has 0 aromatic heterocycles. The molecular formula is C18H23AlO6. The fourth-order valence-electron chi connectivity index (χ4n) is 2.32. The van der Waals surface area contributed by atoms with Crippen LogP contribution in [0.1, 0.15) is 6.92 Å². The molecule has 0 spiro atoms. The van der Waals surface area contributed by atoms with Gasteiger partial charge in [-0.2, -0.15) is 0 Å². The Morgan fingerprint density at radius 2 is 0.960 bits per heavy atom. The molecule has 0 atom stereocenters. The normalized spacial score (nSPS) is 9.96. The highest BCUT2D eigenvalue weighted by Gasteiger charge is 2.34. The molecule has 134 valence electrons. The summed E-state index contributed by atoms with van der Waals surface area (Å²) in [6, 6.07) is 11.0. The van der Waals surface area contributed by atoms with Crippen LogP contribution < -0.4 is 26.5 Å². The SMILES string of the molecule is C[CH2][Al]([O]c1c(OC)cccc1OC)[O]c1c(OC)cccc1OC. The van der Waals surface area contributed by atoms with Crippen LogP contribution in [-0.4, -0.2) is 43.3 Å². The smallest absolute Gasteiger partial charge is 0.607 e. The zero-order valence-corrected chi connectivity index (χ0v) is 16.4. The zero-order valence-electron chi connectivity index (χ0n) is 15.2. The second kappa shape index (κ2) is 9.31. The summed E-state index contributed by atoms with van der Waals surface area (Å²) in [5.41, 5.74) is 0. The Balaban J connectivity index is 2.31. The van der Waals surface area contributed by atoms with Crippen molar-refractivity contribution in [3.8, 4) is 34.5 Å². The molecule has 6 nitrogen and oxygen atoms in total. The van der Waals surface area contributed by atoms with E-state index in [-0.39, 0.29) is 0 Å². The second-order valence-electron chi connectivity index (χ2n) is 5.06. The first-order valence-corrected chi connectivity index (χ1v) is 9.69. The summed E-state index contributed by atoms with van der Waals surface area (Å²) in [7, 11) is 6.37. The van der Waals surface area contributed by atoms with Crippen molar-refractivity contribution in [2.45, 2.75) is 12.2 Å². The summed E-state index contributed by atoms with van der Waals surface area (Å²) in [5.74, 6) is 3.48. The summed E-state index contributed by atoms with van der Waals surface area (Å²) in [4.78, 5) is 0. The lowest BCUT2D eigenvalue weighted by Gasteiger charge is -2.21. The van der Waals surface area contributed by atoms with E-state index in [1.807, 2.05) is 43.3 Å². The molecule has 0 amide bonds. The minimum Gasteiger partial charge on any atom is -0.607 e. The van der Waals surface area contributed by atoms with Gasteiger partial charge in [-0.3, -0.25) is 0 Å². The van der Waals surface area contributed by atoms with Crippen LogP contribution in [0.4, 0.5) is 0 Å². The Hall–Kier alpha value is -2.23. The number of benzene rings is 2. The Bertz CT molecular complexity index is 589. The molecule has 0 saturated carbocycles. The van der Waals surface area contributed by atoms with Gasteiger partial charge in [0.05, 0.1) is 28.4 Å². The molecule has 0 bridgehead atoms. The van der Waals surface area contributed by atoms with Crippen molar-refractivity contribution in [2.24, 2.45) is 0 Å². The average Bonchev–Trinajstić information content (AvgIpc) is 2.67. The Morgan fingerprint density at radius 1 is 0.640 bits per heavy atom. The third-order valence-corrected chi connectivity index (χ3v) is 5.26. The maximum Gasteiger partial charge on any atom is 0.856 e. The average molecular weight is 362 g/mol. The Kier molecular flexibility index (Phi) is 7.11. The summed E-state index contributed by atoms with van der Waals surface area (Å²) in [6.07, 6.45) is 0. The number of methoxy groups -OCH3 is 4. The van der Waals surface area contributed by atoms with E-state index in [2.05, 4.69) is 0 Å². The van der Waals surface area contributed by atoms with Gasteiger partial charge in [-0.15, -0.1) is 0 Å². The Labute approximate surface area is 153 Å². The van der Waals surface area contributed by atoms with Crippen molar-refractivity contribution in [1.82, 2.24) is 0 Å². The van der Waals surface area contributed by atoms with Gasteiger partial charge in [0, 0.05) is 0 Å². The minimum absolute atomic E-state index is 0.542. The first kappa shape index (κ1) is 19.1. The van der Waals surface area contributed by atoms with Gasteiger partial charge in [-0.1, -0.05) is 19.1 Å². The quantitative estimate of drug-likeness (QED) is 0.634. The third kappa shape index (κ3) is 4.44. The molecule has 0 aliphatic rings. The summed E-state index contributed by atoms with van der Waals surface area (Å²) < 4.78 is 33.9. The lowest BCUT2D eigenvalue weighted by atomic mass is 10.3. The van der Waals surface area contributed by atoms with E-state index in [4.69, 9.17) is 26.5 Å². The molecule has 0 heterocycles. The van der Waals surface area contributed by atoms with Crippen molar-refractivity contribution in [2.75, 3.05) is 28.4 Å². The number of rotatable bonds is 9. The van der Waals surface area contributed by atoms with Crippen LogP contribution in [0, 0.1) is 0 Å². The molecule has 2 rings (SSSR count). The van der Waals surface area contributed by atoms with E-state index in [1.54, 1.807) is 28.4 Å². The summed E-state index contributed by atoms with van der Waals surface area (Å²) in [5, 5.41) is 0.725. The summed E-state index contributed by atoms with van der Waals surface area (Å²) >= 11 is -2.15. The molecule has 25 heavy (non-hydrogen) atoms. The van der Waals surface area contributed by atoms with Gasteiger partial charge >= 0.3 is 14.8 Å². The molecule has 0 radical (unpaired) electrons. The van der Waals surface area contributed by atoms with Crippen LogP contribution in [0.5, 0.6) is 34.5 Å². The number of para-hydroxylation sites is 2. The largest absolute Gasteiger partial charge is 0.856 e. The second-order valence-corrected chi connectivity index (χ2v) is 7.20. The van der Waals surface area contributed by atoms with Gasteiger partial charge in [0.15, 0.2) is 34.5 Å². The summed E-state index contributed by atoms with van der Waals surface area (Å²) in [6.45, 7) is 2.01. The highest BCUT2D eigenvalue weighted by atomic mass is 27.2. The molecule has 0 aliphatic carbocycles. The molecular weight excluding hydrogens is 339 g/mol. The minimum atomic E-state index is -2.15. The molecule has 0 aliphatic heterocycles. The van der Waals surface area contributed by atoms with Crippen LogP contribution in [-0.2, 0) is 0 Å². The first-order chi connectivity index (χ1) is 12.2. The molecule has 7 heteroatoms. The van der Waals surface area contributed by atoms with E-state index in [0.29, 0.717) is 34.5 Å². The van der Waals surface area contributed by atoms with Crippen LogP contribution in [0.2, 0.25) is 5.28 Å². The molecule has 0 saturated heterocycles. The first-order valence-electron chi connectivity index (χ1n) is 7.93. The van der Waals surface area contributed by atoms with Crippen LogP contribution >= 0.6 is 0 Å². The highest BCUT2D eigenvalue weighted by Crippen LogP contribution is 2.40. The Morgan fingerprint density at radius 3 is 1.20 bits per heavy atom. The number of ether oxygens (including phenoxy) is 4. The van der Waals surface area contributed by atoms with Crippen LogP contribution in [0.25, 0.3) is 0 Å². The van der Waals surface area contributed by atoms with Crippen molar-refractivity contribution in [3.05, 3.63) is 36.4 Å². The van der Waals surface area contributed by atoms with Gasteiger partial charge in [-0.25, -0.2) is 0 Å². The van der Waals surface area contributed by atoms with Gasteiger partial charge in [0.25, 0.3) is 0 Å². The lowest BCUT2D eigenvalue weighted by molar-refractivity contribution is 0.326. The predicted octanol–water partition coefficient (Wildman–Crippen LogP) is 3.69. The van der Waals surface area contributed by atoms with Crippen molar-refractivity contribution in [1.29, 1.82) is 0 Å². The van der Waals surface area contributed by atoms with Crippen LogP contribution in [0.15, 0.2) is 36.4 Å². The molecule has 0 N–H and O–H groups in total. The van der Waals surface area contributed by atoms with E-state index in [0.717, 1.165) is 5.28 Å². The zero-order chi connectivity index (χ0) is 18.2. The van der Waals surface area contributed by atoms with E-state index in [1.165, 1.54) is 0 Å². The van der Waals surface area contributed by atoms with E-state index in [9.17, 15) is 0 Å². The van der Waals surface area contributed by atoms with Crippen molar-refractivity contribution in [3.63, 3.8) is 0 Å². The van der Waals surface area contributed by atoms with E-state index < -0.39 is 14.8 Å². The van der Waals surface area contributed by atoms with Gasteiger partial charge in [0.2, 0.25) is 0 Å². The fourth-order valence-corrected chi connectivity index (χ4v) is 3.69. The molecule has 2 aromatic carbocycles. The van der Waals surface area contributed by atoms with Gasteiger partial charge in [0.1, 0.15) is 0 Å². The van der Waals surface area contributed by atoms with Crippen molar-refractivity contribution < 1.29 is 26.5 Å². The molecule has 2 aromatic rings. The maximum absolute atomic E-state index is 6.17. The van der Waals surface area contributed by atoms with Gasteiger partial charge in [-0.05, 0) is 29.5 Å². The van der Waals surface area contributed by atoms with Crippen molar-refractivity contribution >= 4 is 14.8 Å². The molecule has 0 unspecified atom stereocenters. The lowest BCUT2D eigenvalue weighted by Crippen LogP contribution is -2.29. The van der Waals surface area contributed by atoms with E-state index >= 15 is 0 Å². The fraction of sp³-hybridized carbons (Fsp3) is 0.333. The number of hydrogen-bond donors (Lipinski definition) is 0. The van der Waals surface area contributed by atoms with Crippen LogP contribution in [0.3, 0.4) is 0 Å².